The smallest absolute Gasteiger partial charge is 0.306 e. The molecule has 0 bridgehead atoms. The molecule has 7 nitrogen and oxygen atoms in total. The minimum atomic E-state index is -0.586. The Kier molecular flexibility index (Phi) is 8.25. The molecule has 3 N–H and O–H groups in total. The normalized spacial score (nSPS) is 16.8. The first kappa shape index (κ1) is 23.3. The second kappa shape index (κ2) is 11.3. The van der Waals surface area contributed by atoms with Gasteiger partial charge in [0.15, 0.2) is 5.75 Å². The summed E-state index contributed by atoms with van der Waals surface area (Å²) in [5, 5.41) is 15.6. The fraction of sp³-hybridized carbons (Fsp3) is 0.400. The Balaban J connectivity index is 1.70. The molecule has 7 heteroatoms. The molecule has 0 fully saturated rings. The van der Waals surface area contributed by atoms with Gasteiger partial charge in [-0.3, -0.25) is 14.4 Å². The van der Waals surface area contributed by atoms with Crippen LogP contribution < -0.4 is 10.6 Å². The molecule has 0 aliphatic heterocycles. The van der Waals surface area contributed by atoms with Crippen LogP contribution in [0, 0.1) is 0 Å². The topological polar surface area (TPSA) is 105 Å². The van der Waals surface area contributed by atoms with Crippen LogP contribution in [0.2, 0.25) is 0 Å². The number of fused-ring (bicyclic) bond motifs is 1. The van der Waals surface area contributed by atoms with E-state index in [1.165, 1.54) is 12.1 Å². The van der Waals surface area contributed by atoms with Crippen LogP contribution >= 0.6 is 0 Å². The first-order chi connectivity index (χ1) is 15.5. The molecule has 0 saturated carbocycles. The fourth-order valence-corrected chi connectivity index (χ4v) is 4.06. The summed E-state index contributed by atoms with van der Waals surface area (Å²) in [5.74, 6) is -1.09. The number of hydrogen-bond acceptors (Lipinski definition) is 5. The Morgan fingerprint density at radius 3 is 2.66 bits per heavy atom. The molecule has 2 unspecified atom stereocenters. The van der Waals surface area contributed by atoms with Gasteiger partial charge in [-0.05, 0) is 36.1 Å². The molecule has 0 saturated heterocycles. The molecule has 0 heterocycles. The number of carbonyl (C=O) groups excluding carboxylic acids is 3. The molecule has 2 amide bonds. The number of unbranched alkanes of at least 4 members (excludes halogenated alkanes) is 4. The van der Waals surface area contributed by atoms with Crippen molar-refractivity contribution in [2.24, 2.45) is 0 Å². The first-order valence-corrected chi connectivity index (χ1v) is 11.2. The number of benzene rings is 2. The van der Waals surface area contributed by atoms with Gasteiger partial charge in [-0.15, -0.1) is 0 Å². The number of carbonyl (C=O) groups is 3. The standard InChI is InChI=1S/C25H30N2O5/c1-2-3-4-5-6-14-22(29)32-24-18-11-8-7-10-17(18)15-21(24)27-25(31)19-12-9-13-20(23(19)30)26-16-28/h7-13,16,21,24,30H,2-6,14-15H2,1H3,(H,26,28)(H,27,31). The SMILES string of the molecule is CCCCCCCC(=O)OC1c2ccccc2CC1NC(=O)c1cccc(NC=O)c1O. The number of amides is 2. The average molecular weight is 439 g/mol. The number of hydrogen-bond donors (Lipinski definition) is 3. The number of anilines is 1. The summed E-state index contributed by atoms with van der Waals surface area (Å²) in [6.45, 7) is 2.15. The summed E-state index contributed by atoms with van der Waals surface area (Å²) >= 11 is 0. The Morgan fingerprint density at radius 2 is 1.88 bits per heavy atom. The highest BCUT2D eigenvalue weighted by molar-refractivity contribution is 5.99. The maximum atomic E-state index is 12.9. The third-order valence-corrected chi connectivity index (χ3v) is 5.72. The lowest BCUT2D eigenvalue weighted by atomic mass is 10.1. The van der Waals surface area contributed by atoms with Crippen LogP contribution in [0.1, 0.15) is 73.0 Å². The Hall–Kier alpha value is -3.35. The third kappa shape index (κ3) is 5.66. The molecule has 170 valence electrons. The van der Waals surface area contributed by atoms with Crippen LogP contribution in [-0.2, 0) is 20.7 Å². The van der Waals surface area contributed by atoms with Crippen molar-refractivity contribution in [3.63, 3.8) is 0 Å². The molecule has 2 atom stereocenters. The molecule has 0 aromatic heterocycles. The van der Waals surface area contributed by atoms with E-state index in [4.69, 9.17) is 4.74 Å². The monoisotopic (exact) mass is 438 g/mol. The Bertz CT molecular complexity index is 959. The van der Waals surface area contributed by atoms with Crippen molar-refractivity contribution >= 4 is 24.0 Å². The van der Waals surface area contributed by atoms with Crippen molar-refractivity contribution in [1.29, 1.82) is 0 Å². The van der Waals surface area contributed by atoms with E-state index in [1.54, 1.807) is 6.07 Å². The van der Waals surface area contributed by atoms with Crippen LogP contribution in [0.15, 0.2) is 42.5 Å². The maximum absolute atomic E-state index is 12.9. The van der Waals surface area contributed by atoms with Crippen molar-refractivity contribution in [1.82, 2.24) is 5.32 Å². The number of phenolic OH excluding ortho intramolecular Hbond substituents is 1. The number of aromatic hydroxyl groups is 1. The molecular weight excluding hydrogens is 408 g/mol. The van der Waals surface area contributed by atoms with E-state index >= 15 is 0 Å². The number of esters is 1. The largest absolute Gasteiger partial charge is 0.505 e. The quantitative estimate of drug-likeness (QED) is 0.210. The van der Waals surface area contributed by atoms with Gasteiger partial charge in [0, 0.05) is 6.42 Å². The van der Waals surface area contributed by atoms with E-state index in [2.05, 4.69) is 17.6 Å². The van der Waals surface area contributed by atoms with Crippen LogP contribution in [-0.4, -0.2) is 29.4 Å². The van der Waals surface area contributed by atoms with E-state index in [0.717, 1.165) is 43.2 Å². The Morgan fingerprint density at radius 1 is 1.09 bits per heavy atom. The molecule has 1 aliphatic carbocycles. The highest BCUT2D eigenvalue weighted by Crippen LogP contribution is 2.35. The zero-order valence-corrected chi connectivity index (χ0v) is 18.3. The van der Waals surface area contributed by atoms with Crippen molar-refractivity contribution < 1.29 is 24.2 Å². The summed E-state index contributed by atoms with van der Waals surface area (Å²) in [4.78, 5) is 36.1. The number of rotatable bonds is 11. The number of phenols is 1. The van der Waals surface area contributed by atoms with Gasteiger partial charge in [-0.25, -0.2) is 0 Å². The molecule has 2 aromatic carbocycles. The van der Waals surface area contributed by atoms with Gasteiger partial charge < -0.3 is 20.5 Å². The van der Waals surface area contributed by atoms with Crippen molar-refractivity contribution in [3.05, 3.63) is 59.2 Å². The minimum Gasteiger partial charge on any atom is -0.505 e. The lowest BCUT2D eigenvalue weighted by molar-refractivity contribution is -0.150. The Labute approximate surface area is 188 Å². The van der Waals surface area contributed by atoms with Crippen molar-refractivity contribution in [2.45, 2.75) is 64.0 Å². The van der Waals surface area contributed by atoms with Crippen LogP contribution in [0.3, 0.4) is 0 Å². The molecular formula is C25H30N2O5. The molecule has 3 rings (SSSR count). The summed E-state index contributed by atoms with van der Waals surface area (Å²) in [6, 6.07) is 11.7. The molecule has 2 aromatic rings. The van der Waals surface area contributed by atoms with Crippen molar-refractivity contribution in [3.8, 4) is 5.75 Å². The molecule has 32 heavy (non-hydrogen) atoms. The predicted octanol–water partition coefficient (Wildman–Crippen LogP) is 4.26. The fourth-order valence-electron chi connectivity index (χ4n) is 4.06. The van der Waals surface area contributed by atoms with Crippen LogP contribution in [0.4, 0.5) is 5.69 Å². The summed E-state index contributed by atoms with van der Waals surface area (Å²) in [6.07, 6.45) is 5.91. The van der Waals surface area contributed by atoms with Gasteiger partial charge in [-0.2, -0.15) is 0 Å². The van der Waals surface area contributed by atoms with Gasteiger partial charge in [0.05, 0.1) is 17.3 Å². The van der Waals surface area contributed by atoms with Gasteiger partial charge in [0.25, 0.3) is 5.91 Å². The van der Waals surface area contributed by atoms with E-state index in [0.29, 0.717) is 19.3 Å². The van der Waals surface area contributed by atoms with Crippen molar-refractivity contribution in [2.75, 3.05) is 5.32 Å². The van der Waals surface area contributed by atoms with Gasteiger partial charge in [-0.1, -0.05) is 62.9 Å². The highest BCUT2D eigenvalue weighted by atomic mass is 16.5. The van der Waals surface area contributed by atoms with Gasteiger partial charge in [0.1, 0.15) is 6.10 Å². The van der Waals surface area contributed by atoms with Crippen LogP contribution in [0.5, 0.6) is 5.75 Å². The van der Waals surface area contributed by atoms with E-state index in [-0.39, 0.29) is 23.0 Å². The summed E-state index contributed by atoms with van der Waals surface area (Å²) < 4.78 is 5.81. The zero-order valence-electron chi connectivity index (χ0n) is 18.3. The summed E-state index contributed by atoms with van der Waals surface area (Å²) in [5.41, 5.74) is 2.08. The number of para-hydroxylation sites is 1. The second-order valence-corrected chi connectivity index (χ2v) is 8.02. The van der Waals surface area contributed by atoms with E-state index in [1.807, 2.05) is 24.3 Å². The maximum Gasteiger partial charge on any atom is 0.306 e. The van der Waals surface area contributed by atoms with E-state index in [9.17, 15) is 19.5 Å². The average Bonchev–Trinajstić information content (AvgIpc) is 3.12. The highest BCUT2D eigenvalue weighted by Gasteiger charge is 2.36. The third-order valence-electron chi connectivity index (χ3n) is 5.72. The zero-order chi connectivity index (χ0) is 22.9. The van der Waals surface area contributed by atoms with Crippen LogP contribution in [0.25, 0.3) is 0 Å². The summed E-state index contributed by atoms with van der Waals surface area (Å²) in [7, 11) is 0. The molecule has 0 radical (unpaired) electrons. The predicted molar refractivity (Wildman–Crippen MR) is 121 cm³/mol. The van der Waals surface area contributed by atoms with Gasteiger partial charge in [0.2, 0.25) is 6.41 Å². The lowest BCUT2D eigenvalue weighted by Crippen LogP contribution is -2.39. The molecule has 0 spiro atoms. The minimum absolute atomic E-state index is 0.0359. The number of ether oxygens (including phenoxy) is 1. The molecule has 1 aliphatic rings. The lowest BCUT2D eigenvalue weighted by Gasteiger charge is -2.22. The first-order valence-electron chi connectivity index (χ1n) is 11.2. The number of nitrogens with one attached hydrogen (secondary N) is 2. The van der Waals surface area contributed by atoms with E-state index < -0.39 is 18.1 Å². The second-order valence-electron chi connectivity index (χ2n) is 8.02. The van der Waals surface area contributed by atoms with Gasteiger partial charge >= 0.3 is 5.97 Å².